The first-order valence-electron chi connectivity index (χ1n) is 6.07. The van der Waals surface area contributed by atoms with Gasteiger partial charge < -0.3 is 0 Å². The van der Waals surface area contributed by atoms with Crippen LogP contribution in [-0.2, 0) is 6.42 Å². The molecule has 0 aliphatic carbocycles. The number of hydrogen-bond donors (Lipinski definition) is 0. The predicted octanol–water partition coefficient (Wildman–Crippen LogP) is 3.71. The summed E-state index contributed by atoms with van der Waals surface area (Å²) >= 11 is 7.70. The lowest BCUT2D eigenvalue weighted by Crippen LogP contribution is -2.00. The minimum atomic E-state index is 0.276. The van der Waals surface area contributed by atoms with Crippen LogP contribution in [0.15, 0.2) is 12.4 Å². The number of thiophene rings is 1. The summed E-state index contributed by atoms with van der Waals surface area (Å²) in [6, 6.07) is 2.14. The van der Waals surface area contributed by atoms with E-state index in [2.05, 4.69) is 27.9 Å². The van der Waals surface area contributed by atoms with Crippen molar-refractivity contribution in [1.82, 2.24) is 19.5 Å². The highest BCUT2D eigenvalue weighted by molar-refractivity contribution is 7.18. The second kappa shape index (κ2) is 4.58. The Morgan fingerprint density at radius 3 is 2.74 bits per heavy atom. The lowest BCUT2D eigenvalue weighted by molar-refractivity contribution is 0.954. The first-order valence-corrected chi connectivity index (χ1v) is 7.26. The molecular formula is C13H13ClN4S. The van der Waals surface area contributed by atoms with Crippen LogP contribution in [0.2, 0.25) is 5.28 Å². The second-order valence-electron chi connectivity index (χ2n) is 4.39. The van der Waals surface area contributed by atoms with Crippen LogP contribution >= 0.6 is 22.9 Å². The van der Waals surface area contributed by atoms with Gasteiger partial charge in [0, 0.05) is 10.6 Å². The second-order valence-corrected chi connectivity index (χ2v) is 5.84. The molecule has 0 aromatic carbocycles. The molecule has 4 nitrogen and oxygen atoms in total. The van der Waals surface area contributed by atoms with E-state index in [1.54, 1.807) is 17.7 Å². The van der Waals surface area contributed by atoms with Crippen molar-refractivity contribution in [1.29, 1.82) is 0 Å². The van der Waals surface area contributed by atoms with Crippen molar-refractivity contribution in [2.24, 2.45) is 0 Å². The fourth-order valence-electron chi connectivity index (χ4n) is 2.00. The summed E-state index contributed by atoms with van der Waals surface area (Å²) in [7, 11) is 0. The quantitative estimate of drug-likeness (QED) is 0.676. The fourth-order valence-corrected chi connectivity index (χ4v) is 3.18. The summed E-state index contributed by atoms with van der Waals surface area (Å²) in [6.07, 6.45) is 2.77. The molecule has 0 spiro atoms. The zero-order valence-corrected chi connectivity index (χ0v) is 12.5. The van der Waals surface area contributed by atoms with E-state index in [0.29, 0.717) is 0 Å². The van der Waals surface area contributed by atoms with Crippen LogP contribution < -0.4 is 0 Å². The molecule has 0 saturated carbocycles. The summed E-state index contributed by atoms with van der Waals surface area (Å²) in [5.74, 6) is 0.809. The van der Waals surface area contributed by atoms with Gasteiger partial charge >= 0.3 is 0 Å². The van der Waals surface area contributed by atoms with E-state index in [1.165, 1.54) is 4.88 Å². The maximum Gasteiger partial charge on any atom is 0.225 e. The molecule has 19 heavy (non-hydrogen) atoms. The zero-order chi connectivity index (χ0) is 13.6. The Balaban J connectivity index is 2.33. The molecule has 0 amide bonds. The van der Waals surface area contributed by atoms with Gasteiger partial charge in [-0.2, -0.15) is 4.98 Å². The topological polar surface area (TPSA) is 43.6 Å². The van der Waals surface area contributed by atoms with Gasteiger partial charge in [-0.15, -0.1) is 11.3 Å². The molecule has 3 aromatic rings. The molecule has 0 unspecified atom stereocenters. The van der Waals surface area contributed by atoms with Crippen molar-refractivity contribution in [3.8, 4) is 5.82 Å². The van der Waals surface area contributed by atoms with Crippen molar-refractivity contribution in [3.05, 3.63) is 33.9 Å². The summed E-state index contributed by atoms with van der Waals surface area (Å²) in [5.41, 5.74) is 2.06. The van der Waals surface area contributed by atoms with Crippen molar-refractivity contribution in [2.45, 2.75) is 27.2 Å². The lowest BCUT2D eigenvalue weighted by Gasteiger charge is -2.06. The molecule has 0 radical (unpaired) electrons. The van der Waals surface area contributed by atoms with Gasteiger partial charge in [-0.05, 0) is 37.9 Å². The van der Waals surface area contributed by atoms with Crippen LogP contribution in [0.5, 0.6) is 0 Å². The summed E-state index contributed by atoms with van der Waals surface area (Å²) in [4.78, 5) is 15.2. The van der Waals surface area contributed by atoms with Crippen molar-refractivity contribution >= 4 is 33.2 Å². The van der Waals surface area contributed by atoms with E-state index >= 15 is 0 Å². The standard InChI is InChI=1S/C13H13ClN4S/c1-4-9-5-10-11(16-13(14)17-12(10)19-9)18-6-15-7(2)8(18)3/h5-6H,4H2,1-3H3. The van der Waals surface area contributed by atoms with Gasteiger partial charge in [0.1, 0.15) is 11.2 Å². The van der Waals surface area contributed by atoms with Crippen LogP contribution in [0.1, 0.15) is 23.2 Å². The highest BCUT2D eigenvalue weighted by atomic mass is 35.5. The highest BCUT2D eigenvalue weighted by Crippen LogP contribution is 2.30. The van der Waals surface area contributed by atoms with Crippen LogP contribution in [0.4, 0.5) is 0 Å². The highest BCUT2D eigenvalue weighted by Gasteiger charge is 2.14. The minimum Gasteiger partial charge on any atom is -0.287 e. The van der Waals surface area contributed by atoms with E-state index in [0.717, 1.165) is 33.8 Å². The zero-order valence-electron chi connectivity index (χ0n) is 10.9. The van der Waals surface area contributed by atoms with Gasteiger partial charge in [0.05, 0.1) is 11.1 Å². The Bertz CT molecular complexity index is 759. The Morgan fingerprint density at radius 1 is 1.32 bits per heavy atom. The van der Waals surface area contributed by atoms with Gasteiger partial charge in [-0.1, -0.05) is 6.92 Å². The van der Waals surface area contributed by atoms with Gasteiger partial charge in [-0.25, -0.2) is 9.97 Å². The van der Waals surface area contributed by atoms with E-state index in [9.17, 15) is 0 Å². The predicted molar refractivity (Wildman–Crippen MR) is 78.4 cm³/mol. The fraction of sp³-hybridized carbons (Fsp3) is 0.308. The number of rotatable bonds is 2. The Labute approximate surface area is 120 Å². The molecule has 0 saturated heterocycles. The number of nitrogens with zero attached hydrogens (tertiary/aromatic N) is 4. The van der Waals surface area contributed by atoms with Gasteiger partial charge in [0.15, 0.2) is 5.82 Å². The maximum absolute atomic E-state index is 6.04. The first-order chi connectivity index (χ1) is 9.10. The molecular weight excluding hydrogens is 280 g/mol. The maximum atomic E-state index is 6.04. The molecule has 0 aliphatic heterocycles. The van der Waals surface area contributed by atoms with Crippen LogP contribution in [0.25, 0.3) is 16.0 Å². The molecule has 0 bridgehead atoms. The largest absolute Gasteiger partial charge is 0.287 e. The number of hydrogen-bond acceptors (Lipinski definition) is 4. The van der Waals surface area contributed by atoms with Crippen molar-refractivity contribution in [2.75, 3.05) is 0 Å². The third-order valence-corrected chi connectivity index (χ3v) is 4.57. The third-order valence-electron chi connectivity index (χ3n) is 3.22. The van der Waals surface area contributed by atoms with Gasteiger partial charge in [0.2, 0.25) is 5.28 Å². The molecule has 0 N–H and O–H groups in total. The molecule has 3 rings (SSSR count). The minimum absolute atomic E-state index is 0.276. The van der Waals surface area contributed by atoms with Gasteiger partial charge in [-0.3, -0.25) is 4.57 Å². The summed E-state index contributed by atoms with van der Waals surface area (Å²) < 4.78 is 1.97. The van der Waals surface area contributed by atoms with E-state index in [1.807, 2.05) is 18.4 Å². The number of aromatic nitrogens is 4. The number of imidazole rings is 1. The molecule has 0 fully saturated rings. The number of fused-ring (bicyclic) bond motifs is 1. The van der Waals surface area contributed by atoms with Crippen molar-refractivity contribution in [3.63, 3.8) is 0 Å². The lowest BCUT2D eigenvalue weighted by atomic mass is 10.3. The summed E-state index contributed by atoms with van der Waals surface area (Å²) in [6.45, 7) is 6.14. The summed E-state index contributed by atoms with van der Waals surface area (Å²) in [5, 5.41) is 1.31. The Kier molecular flexibility index (Phi) is 3.03. The average Bonchev–Trinajstić information content (AvgIpc) is 2.93. The normalized spacial score (nSPS) is 11.4. The SMILES string of the molecule is CCc1cc2c(-n3cnc(C)c3C)nc(Cl)nc2s1. The molecule has 3 heterocycles. The van der Waals surface area contributed by atoms with E-state index in [-0.39, 0.29) is 5.28 Å². The van der Waals surface area contributed by atoms with Gasteiger partial charge in [0.25, 0.3) is 0 Å². The Hall–Kier alpha value is -1.46. The third kappa shape index (κ3) is 2.03. The van der Waals surface area contributed by atoms with E-state index < -0.39 is 0 Å². The van der Waals surface area contributed by atoms with Crippen LogP contribution in [0, 0.1) is 13.8 Å². The smallest absolute Gasteiger partial charge is 0.225 e. The molecule has 6 heteroatoms. The molecule has 98 valence electrons. The first kappa shape index (κ1) is 12.6. The average molecular weight is 293 g/mol. The molecule has 3 aromatic heterocycles. The van der Waals surface area contributed by atoms with Crippen molar-refractivity contribution < 1.29 is 0 Å². The van der Waals surface area contributed by atoms with Crippen LogP contribution in [-0.4, -0.2) is 19.5 Å². The molecule has 0 aliphatic rings. The van der Waals surface area contributed by atoms with Crippen LogP contribution in [0.3, 0.4) is 0 Å². The Morgan fingerprint density at radius 2 is 2.11 bits per heavy atom. The molecule has 0 atom stereocenters. The van der Waals surface area contributed by atoms with E-state index in [4.69, 9.17) is 11.6 Å². The monoisotopic (exact) mass is 292 g/mol. The number of halogens is 1. The number of aryl methyl sites for hydroxylation is 2.